The first kappa shape index (κ1) is 32.2. The Morgan fingerprint density at radius 3 is 2.53 bits per heavy atom. The highest BCUT2D eigenvalue weighted by Gasteiger charge is 2.51. The number of nitrogens with zero attached hydrogens (tertiary/aromatic N) is 3. The smallest absolute Gasteiger partial charge is 0.408 e. The standard InChI is InChI=1S/C30H40F2N4O7/c1-6-18-22(42-26-25(32)33-19-11-10-17(41-5)14-20(19)34-26)15-36(23(18)28(38)39)27(37)24(30(2,3)4)35-29(40)43-21-13-16(21)9-7-8-12-31/h10-11,14,16,18,21-24H,6-9,12-13,15H2,1-5H3,(H,35,40)(H,38,39)/t16-,18-,21-,22+,23+,24-/m1/s1. The van der Waals surface area contributed by atoms with Crippen molar-refractivity contribution in [3.8, 4) is 11.6 Å². The third kappa shape index (κ3) is 7.42. The molecule has 2 fully saturated rings. The summed E-state index contributed by atoms with van der Waals surface area (Å²) in [5.41, 5.74) is -0.202. The van der Waals surface area contributed by atoms with E-state index in [-0.39, 0.29) is 30.8 Å². The van der Waals surface area contributed by atoms with Crippen molar-refractivity contribution in [2.75, 3.05) is 20.3 Å². The van der Waals surface area contributed by atoms with E-state index in [0.717, 1.165) is 6.42 Å². The quantitative estimate of drug-likeness (QED) is 0.334. The molecule has 2 amide bonds. The molecule has 1 aromatic carbocycles. The molecule has 2 N–H and O–H groups in total. The highest BCUT2D eigenvalue weighted by atomic mass is 19.1. The minimum absolute atomic E-state index is 0.166. The molecule has 1 aliphatic heterocycles. The van der Waals surface area contributed by atoms with Crippen LogP contribution in [0, 0.1) is 23.2 Å². The second kappa shape index (κ2) is 13.3. The number of alkyl halides is 1. The van der Waals surface area contributed by atoms with Crippen LogP contribution in [-0.2, 0) is 14.3 Å². The van der Waals surface area contributed by atoms with Gasteiger partial charge in [-0.15, -0.1) is 0 Å². The molecular weight excluding hydrogens is 566 g/mol. The van der Waals surface area contributed by atoms with Gasteiger partial charge in [0, 0.05) is 12.0 Å². The summed E-state index contributed by atoms with van der Waals surface area (Å²) in [5, 5.41) is 12.8. The molecule has 0 unspecified atom stereocenters. The Labute approximate surface area is 249 Å². The van der Waals surface area contributed by atoms with Gasteiger partial charge in [0.15, 0.2) is 0 Å². The van der Waals surface area contributed by atoms with Gasteiger partial charge in [0.05, 0.1) is 31.4 Å². The summed E-state index contributed by atoms with van der Waals surface area (Å²) in [6.45, 7) is 6.45. The van der Waals surface area contributed by atoms with Crippen LogP contribution >= 0.6 is 0 Å². The first-order valence-electron chi connectivity index (χ1n) is 14.6. The topological polar surface area (TPSA) is 140 Å². The Morgan fingerprint density at radius 1 is 1.16 bits per heavy atom. The van der Waals surface area contributed by atoms with E-state index >= 15 is 0 Å². The summed E-state index contributed by atoms with van der Waals surface area (Å²) >= 11 is 0. The Balaban J connectivity index is 1.52. The fourth-order valence-electron chi connectivity index (χ4n) is 5.65. The average molecular weight is 607 g/mol. The Kier molecular flexibility index (Phi) is 9.91. The lowest BCUT2D eigenvalue weighted by molar-refractivity contribution is -0.151. The van der Waals surface area contributed by atoms with Gasteiger partial charge in [-0.05, 0) is 49.1 Å². The molecule has 0 bridgehead atoms. The number of nitrogens with one attached hydrogen (secondary N) is 1. The zero-order valence-corrected chi connectivity index (χ0v) is 25.1. The van der Waals surface area contributed by atoms with E-state index in [4.69, 9.17) is 14.2 Å². The number of hydrogen-bond acceptors (Lipinski definition) is 8. The molecule has 2 heterocycles. The molecule has 6 atom stereocenters. The Hall–Kier alpha value is -3.77. The number of aromatic nitrogens is 2. The number of carbonyl (C=O) groups is 3. The first-order valence-corrected chi connectivity index (χ1v) is 14.6. The molecule has 11 nitrogen and oxygen atoms in total. The van der Waals surface area contributed by atoms with E-state index in [1.807, 2.05) is 0 Å². The number of unbranched alkanes of at least 4 members (excludes halogenated alkanes) is 1. The number of amides is 2. The number of carbonyl (C=O) groups excluding carboxylic acids is 2. The van der Waals surface area contributed by atoms with Crippen molar-refractivity contribution in [1.82, 2.24) is 20.2 Å². The highest BCUT2D eigenvalue weighted by Crippen LogP contribution is 2.38. The van der Waals surface area contributed by atoms with Gasteiger partial charge in [-0.1, -0.05) is 34.1 Å². The molecule has 1 saturated carbocycles. The van der Waals surface area contributed by atoms with E-state index in [9.17, 15) is 28.3 Å². The molecule has 0 spiro atoms. The number of alkyl carbamates (subject to hydrolysis) is 1. The maximum absolute atomic E-state index is 14.9. The molecule has 1 aromatic heterocycles. The summed E-state index contributed by atoms with van der Waals surface area (Å²) in [4.78, 5) is 48.6. The number of aliphatic carboxylic acids is 1. The number of carboxylic acids is 1. The van der Waals surface area contributed by atoms with E-state index in [2.05, 4.69) is 15.3 Å². The van der Waals surface area contributed by atoms with Gasteiger partial charge in [0.25, 0.3) is 11.8 Å². The van der Waals surface area contributed by atoms with Crippen LogP contribution in [0.4, 0.5) is 13.6 Å². The second-order valence-corrected chi connectivity index (χ2v) is 12.2. The number of likely N-dealkylation sites (tertiary alicyclic amines) is 1. The van der Waals surface area contributed by atoms with Gasteiger partial charge < -0.3 is 29.5 Å². The number of hydrogen-bond donors (Lipinski definition) is 2. The molecule has 13 heteroatoms. The third-order valence-corrected chi connectivity index (χ3v) is 8.12. The van der Waals surface area contributed by atoms with Gasteiger partial charge in [-0.25, -0.2) is 19.6 Å². The van der Waals surface area contributed by atoms with Gasteiger partial charge in [-0.3, -0.25) is 9.18 Å². The van der Waals surface area contributed by atoms with Gasteiger partial charge >= 0.3 is 12.1 Å². The number of fused-ring (bicyclic) bond motifs is 1. The molecule has 1 saturated heterocycles. The molecular formula is C30H40F2N4O7. The van der Waals surface area contributed by atoms with Crippen LogP contribution in [0.5, 0.6) is 11.6 Å². The zero-order chi connectivity index (χ0) is 31.5. The predicted octanol–water partition coefficient (Wildman–Crippen LogP) is 4.52. The van der Waals surface area contributed by atoms with Crippen LogP contribution in [0.15, 0.2) is 18.2 Å². The van der Waals surface area contributed by atoms with E-state index in [0.29, 0.717) is 36.9 Å². The monoisotopic (exact) mass is 606 g/mol. The number of ether oxygens (including phenoxy) is 3. The van der Waals surface area contributed by atoms with Gasteiger partial charge in [0.2, 0.25) is 5.91 Å². The lowest BCUT2D eigenvalue weighted by Gasteiger charge is -2.34. The third-order valence-electron chi connectivity index (χ3n) is 8.12. The summed E-state index contributed by atoms with van der Waals surface area (Å²) < 4.78 is 44.0. The Morgan fingerprint density at radius 2 is 1.91 bits per heavy atom. The molecule has 2 aliphatic rings. The van der Waals surface area contributed by atoms with Crippen LogP contribution in [0.2, 0.25) is 0 Å². The SMILES string of the molecule is CC[C@@H]1[C@@H](Oc2nc3cc(OC)ccc3nc2F)CN(C(=O)[C@@H](NC(=O)O[C@@H]2C[C@H]2CCCCF)C(C)(C)C)[C@@H]1C(=O)O. The predicted molar refractivity (Wildman–Crippen MR) is 152 cm³/mol. The van der Waals surface area contributed by atoms with E-state index in [1.54, 1.807) is 45.9 Å². The fraction of sp³-hybridized carbons (Fsp3) is 0.633. The number of rotatable bonds is 12. The zero-order valence-electron chi connectivity index (χ0n) is 25.1. The van der Waals surface area contributed by atoms with E-state index in [1.165, 1.54) is 12.0 Å². The van der Waals surface area contributed by atoms with Crippen molar-refractivity contribution in [1.29, 1.82) is 0 Å². The normalized spacial score (nSPS) is 24.0. The largest absolute Gasteiger partial charge is 0.497 e. The molecule has 43 heavy (non-hydrogen) atoms. The lowest BCUT2D eigenvalue weighted by Crippen LogP contribution is -2.57. The molecule has 0 radical (unpaired) electrons. The van der Waals surface area contributed by atoms with Crippen LogP contribution in [0.3, 0.4) is 0 Å². The van der Waals surface area contributed by atoms with Crippen molar-refractivity contribution >= 4 is 29.0 Å². The second-order valence-electron chi connectivity index (χ2n) is 12.2. The van der Waals surface area contributed by atoms with Crippen molar-refractivity contribution < 1.29 is 42.5 Å². The maximum atomic E-state index is 14.9. The van der Waals surface area contributed by atoms with Crippen LogP contribution in [-0.4, -0.2) is 82.6 Å². The Bertz CT molecular complexity index is 1340. The lowest BCUT2D eigenvalue weighted by atomic mass is 9.85. The van der Waals surface area contributed by atoms with Crippen molar-refractivity contribution in [3.63, 3.8) is 0 Å². The summed E-state index contributed by atoms with van der Waals surface area (Å²) in [5.74, 6) is -3.29. The molecule has 236 valence electrons. The number of methoxy groups -OCH3 is 1. The number of carboxylic acid groups (broad SMARTS) is 1. The van der Waals surface area contributed by atoms with Gasteiger partial charge in [-0.2, -0.15) is 4.39 Å². The maximum Gasteiger partial charge on any atom is 0.408 e. The summed E-state index contributed by atoms with van der Waals surface area (Å²) in [7, 11) is 1.48. The molecule has 4 rings (SSSR count). The van der Waals surface area contributed by atoms with Crippen molar-refractivity contribution in [2.45, 2.75) is 84.1 Å². The minimum Gasteiger partial charge on any atom is -0.497 e. The van der Waals surface area contributed by atoms with Crippen molar-refractivity contribution in [3.05, 3.63) is 24.1 Å². The van der Waals surface area contributed by atoms with Crippen molar-refractivity contribution in [2.24, 2.45) is 17.3 Å². The molecule has 2 aromatic rings. The van der Waals surface area contributed by atoms with Crippen LogP contribution < -0.4 is 14.8 Å². The first-order chi connectivity index (χ1) is 20.4. The number of benzene rings is 1. The van der Waals surface area contributed by atoms with E-state index < -0.39 is 59.3 Å². The summed E-state index contributed by atoms with van der Waals surface area (Å²) in [6, 6.07) is 2.34. The highest BCUT2D eigenvalue weighted by molar-refractivity contribution is 5.90. The minimum atomic E-state index is -1.29. The van der Waals surface area contributed by atoms with Crippen LogP contribution in [0.25, 0.3) is 11.0 Å². The average Bonchev–Trinajstić information content (AvgIpc) is 3.57. The molecule has 1 aliphatic carbocycles. The van der Waals surface area contributed by atoms with Crippen LogP contribution in [0.1, 0.15) is 59.8 Å². The van der Waals surface area contributed by atoms with Gasteiger partial charge in [0.1, 0.15) is 30.0 Å². The fourth-order valence-corrected chi connectivity index (χ4v) is 5.65. The number of halogens is 2. The summed E-state index contributed by atoms with van der Waals surface area (Å²) in [6.07, 6.45) is 0.938.